The number of ketones is 1. The number of rotatable bonds is 9. The maximum atomic E-state index is 12.2. The number of nitrogens with one attached hydrogen (secondary N) is 2. The number of hydrogen-bond acceptors (Lipinski definition) is 6. The van der Waals surface area contributed by atoms with Gasteiger partial charge in [-0.15, -0.1) is 0 Å². The monoisotopic (exact) mass is 384 g/mol. The van der Waals surface area contributed by atoms with E-state index in [1.807, 2.05) is 6.07 Å². The number of aliphatic imine (C=N–C) groups is 1. The van der Waals surface area contributed by atoms with Crippen molar-refractivity contribution in [1.82, 2.24) is 0 Å². The van der Waals surface area contributed by atoms with Crippen LogP contribution in [0.3, 0.4) is 0 Å². The second kappa shape index (κ2) is 10.4. The summed E-state index contributed by atoms with van der Waals surface area (Å²) >= 11 is 0. The van der Waals surface area contributed by atoms with E-state index in [1.165, 1.54) is 42.7 Å². The summed E-state index contributed by atoms with van der Waals surface area (Å²) in [5.41, 5.74) is 6.31. The number of para-hydroxylation sites is 1. The fraction of sp³-hybridized carbons (Fsp3) is 0.0500. The van der Waals surface area contributed by atoms with Crippen molar-refractivity contribution in [2.45, 2.75) is 6.61 Å². The minimum absolute atomic E-state index is 0.0257. The molecule has 0 unspecified atom stereocenters. The molecule has 0 aromatic heterocycles. The molecule has 2 aromatic carbocycles. The van der Waals surface area contributed by atoms with Crippen LogP contribution in [0.25, 0.3) is 0 Å². The summed E-state index contributed by atoms with van der Waals surface area (Å²) in [4.78, 5) is 16.4. The van der Waals surface area contributed by atoms with E-state index in [-0.39, 0.29) is 17.2 Å². The lowest BCUT2D eigenvalue weighted by molar-refractivity contribution is -0.108. The number of halogens is 2. The van der Waals surface area contributed by atoms with Gasteiger partial charge in [-0.05, 0) is 48.7 Å². The van der Waals surface area contributed by atoms with Crippen molar-refractivity contribution in [2.24, 2.45) is 10.7 Å². The molecule has 2 aromatic rings. The molecule has 0 atom stereocenters. The Morgan fingerprint density at radius 1 is 1.11 bits per heavy atom. The molecular formula is C20H18F2N4O2. The van der Waals surface area contributed by atoms with Crippen molar-refractivity contribution in [1.29, 1.82) is 5.41 Å². The fourth-order valence-corrected chi connectivity index (χ4v) is 2.06. The number of alkyl halides is 2. The van der Waals surface area contributed by atoms with Crippen molar-refractivity contribution in [2.75, 3.05) is 5.32 Å². The van der Waals surface area contributed by atoms with E-state index in [0.717, 1.165) is 6.08 Å². The minimum Gasteiger partial charge on any atom is -0.435 e. The third-order valence-electron chi connectivity index (χ3n) is 3.33. The predicted molar refractivity (Wildman–Crippen MR) is 105 cm³/mol. The largest absolute Gasteiger partial charge is 0.435 e. The Hall–Kier alpha value is -3.81. The van der Waals surface area contributed by atoms with E-state index in [0.29, 0.717) is 11.4 Å². The molecule has 6 nitrogen and oxygen atoms in total. The summed E-state index contributed by atoms with van der Waals surface area (Å²) in [6, 6.07) is 14.6. The van der Waals surface area contributed by atoms with Crippen molar-refractivity contribution in [3.8, 4) is 5.75 Å². The van der Waals surface area contributed by atoms with Gasteiger partial charge in [-0.2, -0.15) is 8.78 Å². The van der Waals surface area contributed by atoms with Gasteiger partial charge in [0.25, 0.3) is 0 Å². The van der Waals surface area contributed by atoms with Crippen LogP contribution >= 0.6 is 0 Å². The van der Waals surface area contributed by atoms with Gasteiger partial charge in [-0.3, -0.25) is 10.2 Å². The molecule has 8 heteroatoms. The van der Waals surface area contributed by atoms with Crippen molar-refractivity contribution >= 4 is 28.6 Å². The Morgan fingerprint density at radius 2 is 1.79 bits per heavy atom. The maximum Gasteiger partial charge on any atom is 0.387 e. The van der Waals surface area contributed by atoms with Gasteiger partial charge in [-0.1, -0.05) is 18.2 Å². The third kappa shape index (κ3) is 6.49. The van der Waals surface area contributed by atoms with E-state index >= 15 is 0 Å². The smallest absolute Gasteiger partial charge is 0.387 e. The molecule has 0 fully saturated rings. The number of allylic oxidation sites excluding steroid dienone is 2. The Kier molecular flexibility index (Phi) is 7.59. The highest BCUT2D eigenvalue weighted by atomic mass is 19.3. The summed E-state index contributed by atoms with van der Waals surface area (Å²) in [5, 5.41) is 10.8. The number of hydrogen-bond donors (Lipinski definition) is 3. The number of nitrogens with zero attached hydrogens (tertiary/aromatic N) is 1. The first-order valence-electron chi connectivity index (χ1n) is 8.13. The van der Waals surface area contributed by atoms with E-state index in [9.17, 15) is 13.6 Å². The normalized spacial score (nSPS) is 11.9. The lowest BCUT2D eigenvalue weighted by Crippen LogP contribution is -2.20. The van der Waals surface area contributed by atoms with Gasteiger partial charge in [0, 0.05) is 18.0 Å². The lowest BCUT2D eigenvalue weighted by atomic mass is 10.1. The standard InChI is InChI=1S/C20H18F2N4O2/c21-20(22)28-16-8-6-14(7-9-16)25-13-11-18(27)19(24)17(10-12-23)26-15-4-2-1-3-5-15/h1-13,20,24-25H,23H2. The summed E-state index contributed by atoms with van der Waals surface area (Å²) in [6.07, 6.45) is 5.08. The zero-order chi connectivity index (χ0) is 20.4. The molecule has 0 amide bonds. The highest BCUT2D eigenvalue weighted by molar-refractivity contribution is 6.70. The number of carbonyl (C=O) groups is 1. The van der Waals surface area contributed by atoms with E-state index in [2.05, 4.69) is 15.0 Å². The van der Waals surface area contributed by atoms with Gasteiger partial charge < -0.3 is 15.8 Å². The zero-order valence-corrected chi connectivity index (χ0v) is 14.7. The Morgan fingerprint density at radius 3 is 2.39 bits per heavy atom. The molecule has 0 aliphatic carbocycles. The van der Waals surface area contributed by atoms with Gasteiger partial charge in [0.1, 0.15) is 11.5 Å². The molecule has 0 aliphatic rings. The number of benzene rings is 2. The molecule has 28 heavy (non-hydrogen) atoms. The summed E-state index contributed by atoms with van der Waals surface area (Å²) in [5.74, 6) is -0.560. The average Bonchev–Trinajstić information content (AvgIpc) is 2.68. The molecule has 144 valence electrons. The molecule has 4 N–H and O–H groups in total. The SMILES string of the molecule is N=C(C(=O)C=CNc1ccc(OC(F)F)cc1)C(C=CN)=Nc1ccccc1. The summed E-state index contributed by atoms with van der Waals surface area (Å²) in [6.45, 7) is -2.89. The summed E-state index contributed by atoms with van der Waals surface area (Å²) < 4.78 is 28.5. The zero-order valence-electron chi connectivity index (χ0n) is 14.7. The molecular weight excluding hydrogens is 366 g/mol. The third-order valence-corrected chi connectivity index (χ3v) is 3.33. The average molecular weight is 384 g/mol. The number of carbonyl (C=O) groups excluding carboxylic acids is 1. The molecule has 0 heterocycles. The molecule has 0 saturated heterocycles. The molecule has 2 rings (SSSR count). The van der Waals surface area contributed by atoms with Gasteiger partial charge in [0.05, 0.1) is 11.4 Å². The van der Waals surface area contributed by atoms with Gasteiger partial charge in [0.15, 0.2) is 0 Å². The Bertz CT molecular complexity index is 892. The van der Waals surface area contributed by atoms with Crippen LogP contribution in [0.5, 0.6) is 5.75 Å². The first-order chi connectivity index (χ1) is 13.5. The number of anilines is 1. The molecule has 0 saturated carbocycles. The van der Waals surface area contributed by atoms with E-state index in [1.54, 1.807) is 24.3 Å². The van der Waals surface area contributed by atoms with E-state index in [4.69, 9.17) is 11.1 Å². The second-order valence-electron chi connectivity index (χ2n) is 5.31. The van der Waals surface area contributed by atoms with Crippen LogP contribution < -0.4 is 15.8 Å². The maximum absolute atomic E-state index is 12.2. The van der Waals surface area contributed by atoms with Gasteiger partial charge in [0.2, 0.25) is 5.78 Å². The molecule has 0 aliphatic heterocycles. The van der Waals surface area contributed by atoms with E-state index < -0.39 is 12.4 Å². The van der Waals surface area contributed by atoms with Crippen LogP contribution in [-0.4, -0.2) is 23.8 Å². The molecule has 0 spiro atoms. The number of nitrogens with two attached hydrogens (primary N) is 1. The topological polar surface area (TPSA) is 101 Å². The van der Waals surface area contributed by atoms with Crippen LogP contribution in [-0.2, 0) is 4.79 Å². The quantitative estimate of drug-likeness (QED) is 0.448. The Balaban J connectivity index is 2.01. The molecule has 0 radical (unpaired) electrons. The fourth-order valence-electron chi connectivity index (χ4n) is 2.06. The van der Waals surface area contributed by atoms with Crippen LogP contribution in [0.2, 0.25) is 0 Å². The predicted octanol–water partition coefficient (Wildman–Crippen LogP) is 4.05. The van der Waals surface area contributed by atoms with Crippen LogP contribution in [0.1, 0.15) is 0 Å². The van der Waals surface area contributed by atoms with Crippen LogP contribution in [0.4, 0.5) is 20.2 Å². The van der Waals surface area contributed by atoms with Crippen LogP contribution in [0.15, 0.2) is 84.1 Å². The first kappa shape index (κ1) is 20.5. The lowest BCUT2D eigenvalue weighted by Gasteiger charge is -2.05. The summed E-state index contributed by atoms with van der Waals surface area (Å²) in [7, 11) is 0. The van der Waals surface area contributed by atoms with Crippen molar-refractivity contribution in [3.05, 3.63) is 79.1 Å². The number of ether oxygens (including phenoxy) is 1. The van der Waals surface area contributed by atoms with Crippen molar-refractivity contribution in [3.63, 3.8) is 0 Å². The Labute approximate surface area is 160 Å². The highest BCUT2D eigenvalue weighted by Crippen LogP contribution is 2.17. The first-order valence-corrected chi connectivity index (χ1v) is 8.13. The highest BCUT2D eigenvalue weighted by Gasteiger charge is 2.11. The second-order valence-corrected chi connectivity index (χ2v) is 5.31. The minimum atomic E-state index is -2.89. The molecule has 0 bridgehead atoms. The van der Waals surface area contributed by atoms with Gasteiger partial charge in [-0.25, -0.2) is 4.99 Å². The van der Waals surface area contributed by atoms with Crippen LogP contribution in [0, 0.1) is 5.41 Å². The van der Waals surface area contributed by atoms with Gasteiger partial charge >= 0.3 is 6.61 Å². The van der Waals surface area contributed by atoms with Crippen molar-refractivity contribution < 1.29 is 18.3 Å².